The van der Waals surface area contributed by atoms with Crippen LogP contribution in [0.15, 0.2) is 10.6 Å². The van der Waals surface area contributed by atoms with Crippen LogP contribution in [0.25, 0.3) is 0 Å². The van der Waals surface area contributed by atoms with Gasteiger partial charge in [-0.3, -0.25) is 4.79 Å². The van der Waals surface area contributed by atoms with E-state index < -0.39 is 0 Å². The van der Waals surface area contributed by atoms with Gasteiger partial charge in [0.25, 0.3) is 5.91 Å². The van der Waals surface area contributed by atoms with Crippen LogP contribution >= 0.6 is 0 Å². The Labute approximate surface area is 112 Å². The maximum absolute atomic E-state index is 11.8. The van der Waals surface area contributed by atoms with Gasteiger partial charge in [0, 0.05) is 6.07 Å². The van der Waals surface area contributed by atoms with Gasteiger partial charge in [-0.2, -0.15) is 0 Å². The van der Waals surface area contributed by atoms with E-state index in [2.05, 4.69) is 10.5 Å². The zero-order valence-electron chi connectivity index (χ0n) is 11.2. The molecule has 2 heterocycles. The van der Waals surface area contributed by atoms with E-state index in [-0.39, 0.29) is 12.5 Å². The van der Waals surface area contributed by atoms with Gasteiger partial charge in [0.05, 0.1) is 6.61 Å². The Hall–Kier alpha value is -1.44. The summed E-state index contributed by atoms with van der Waals surface area (Å²) in [6.45, 7) is 7.21. The minimum Gasteiger partial charge on any atom is -0.391 e. The molecular weight excluding hydrogens is 248 g/mol. The molecule has 0 atom stereocenters. The molecule has 1 aliphatic heterocycles. The maximum atomic E-state index is 11.8. The summed E-state index contributed by atoms with van der Waals surface area (Å²) in [6, 6.07) is 1.70. The normalized spacial score (nSPS) is 23.3. The number of carbonyl (C=O) groups excluding carboxylic acids is 1. The fourth-order valence-corrected chi connectivity index (χ4v) is 2.38. The predicted octanol–water partition coefficient (Wildman–Crippen LogP) is -3.30. The molecular formula is C12H22N4O3+2. The summed E-state index contributed by atoms with van der Waals surface area (Å²) in [7, 11) is 0. The molecule has 1 aromatic heterocycles. The van der Waals surface area contributed by atoms with Crippen LogP contribution < -0.4 is 15.1 Å². The van der Waals surface area contributed by atoms with Crippen molar-refractivity contribution >= 4 is 11.7 Å². The Balaban J connectivity index is 1.71. The highest BCUT2D eigenvalue weighted by atomic mass is 16.5. The topological polar surface area (TPSA) is 84.2 Å². The lowest BCUT2D eigenvalue weighted by Crippen LogP contribution is -3.28. The molecule has 7 nitrogen and oxygen atoms in total. The Kier molecular flexibility index (Phi) is 4.89. The Bertz CT molecular complexity index is 413. The highest BCUT2D eigenvalue weighted by molar-refractivity contribution is 5.90. The van der Waals surface area contributed by atoms with E-state index in [9.17, 15) is 4.79 Å². The molecule has 0 radical (unpaired) electrons. The third-order valence-corrected chi connectivity index (χ3v) is 3.44. The second-order valence-corrected chi connectivity index (χ2v) is 5.02. The van der Waals surface area contributed by atoms with Crippen molar-refractivity contribution in [3.05, 3.63) is 11.8 Å². The number of hydrogen-bond donors (Lipinski definition) is 4. The molecule has 1 fully saturated rings. The van der Waals surface area contributed by atoms with E-state index in [0.29, 0.717) is 18.1 Å². The minimum atomic E-state index is -0.0334. The van der Waals surface area contributed by atoms with Gasteiger partial charge in [-0.1, -0.05) is 5.16 Å². The number of hydrogen-bond acceptors (Lipinski definition) is 4. The molecule has 0 spiro atoms. The molecule has 0 aliphatic carbocycles. The van der Waals surface area contributed by atoms with Gasteiger partial charge in [0.2, 0.25) is 0 Å². The van der Waals surface area contributed by atoms with Gasteiger partial charge < -0.3 is 24.7 Å². The number of aromatic nitrogens is 1. The van der Waals surface area contributed by atoms with Gasteiger partial charge in [0.15, 0.2) is 12.4 Å². The molecule has 1 saturated heterocycles. The molecule has 106 valence electrons. The molecule has 1 aliphatic rings. The van der Waals surface area contributed by atoms with Gasteiger partial charge >= 0.3 is 0 Å². The smallest absolute Gasteiger partial charge is 0.280 e. The highest BCUT2D eigenvalue weighted by Gasteiger charge is 2.24. The van der Waals surface area contributed by atoms with E-state index in [1.165, 1.54) is 9.80 Å². The van der Waals surface area contributed by atoms with Crippen LogP contribution in [0, 0.1) is 6.92 Å². The second kappa shape index (κ2) is 6.65. The summed E-state index contributed by atoms with van der Waals surface area (Å²) in [5, 5.41) is 15.4. The summed E-state index contributed by atoms with van der Waals surface area (Å²) >= 11 is 0. The van der Waals surface area contributed by atoms with Crippen LogP contribution in [0.3, 0.4) is 0 Å². The number of amides is 1. The van der Waals surface area contributed by atoms with Crippen molar-refractivity contribution in [2.75, 3.05) is 51.2 Å². The van der Waals surface area contributed by atoms with Gasteiger partial charge in [0.1, 0.15) is 38.5 Å². The van der Waals surface area contributed by atoms with Crippen molar-refractivity contribution in [3.8, 4) is 0 Å². The highest BCUT2D eigenvalue weighted by Crippen LogP contribution is 2.05. The number of aliphatic hydroxyl groups is 1. The van der Waals surface area contributed by atoms with Crippen molar-refractivity contribution < 1.29 is 24.2 Å². The Morgan fingerprint density at radius 2 is 2.11 bits per heavy atom. The van der Waals surface area contributed by atoms with Gasteiger partial charge in [-0.15, -0.1) is 0 Å². The van der Waals surface area contributed by atoms with Gasteiger partial charge in [-0.25, -0.2) is 0 Å². The number of anilines is 1. The zero-order valence-corrected chi connectivity index (χ0v) is 11.2. The van der Waals surface area contributed by atoms with Crippen molar-refractivity contribution in [2.45, 2.75) is 6.92 Å². The minimum absolute atomic E-state index is 0.0334. The first-order chi connectivity index (χ1) is 9.17. The second-order valence-electron chi connectivity index (χ2n) is 5.02. The van der Waals surface area contributed by atoms with Crippen LogP contribution in [0.2, 0.25) is 0 Å². The first-order valence-corrected chi connectivity index (χ1v) is 6.68. The number of aliphatic hydroxyl groups excluding tert-OH is 1. The predicted molar refractivity (Wildman–Crippen MR) is 68.1 cm³/mol. The molecule has 0 bridgehead atoms. The molecule has 1 amide bonds. The quantitative estimate of drug-likeness (QED) is 0.452. The summed E-state index contributed by atoms with van der Waals surface area (Å²) in [6.07, 6.45) is 0. The van der Waals surface area contributed by atoms with Crippen LogP contribution in [0.5, 0.6) is 0 Å². The van der Waals surface area contributed by atoms with E-state index in [1.807, 2.05) is 0 Å². The van der Waals surface area contributed by atoms with E-state index in [0.717, 1.165) is 32.7 Å². The number of aryl methyl sites for hydroxylation is 1. The molecule has 19 heavy (non-hydrogen) atoms. The number of nitrogens with zero attached hydrogens (tertiary/aromatic N) is 1. The maximum Gasteiger partial charge on any atom is 0.280 e. The Morgan fingerprint density at radius 3 is 2.68 bits per heavy atom. The lowest BCUT2D eigenvalue weighted by atomic mass is 10.3. The van der Waals surface area contributed by atoms with Crippen LogP contribution in [-0.4, -0.2) is 62.0 Å². The summed E-state index contributed by atoms with van der Waals surface area (Å²) in [5.41, 5.74) is 0. The first kappa shape index (κ1) is 14.0. The third kappa shape index (κ3) is 4.30. The monoisotopic (exact) mass is 270 g/mol. The van der Waals surface area contributed by atoms with E-state index in [4.69, 9.17) is 9.63 Å². The first-order valence-electron chi connectivity index (χ1n) is 6.68. The van der Waals surface area contributed by atoms with Gasteiger partial charge in [-0.05, 0) is 6.92 Å². The number of quaternary nitrogens is 2. The zero-order chi connectivity index (χ0) is 13.7. The fourth-order valence-electron chi connectivity index (χ4n) is 2.38. The lowest BCUT2D eigenvalue weighted by Gasteiger charge is -2.28. The standard InChI is InChI=1S/C12H20N4O3/c1-10-8-11(14-19-10)13-12(18)9-16-4-2-15(3-5-16)6-7-17/h8,17H,2-7,9H2,1H3,(H,13,14,18)/p+2. The number of piperazine rings is 1. The molecule has 7 heteroatoms. The lowest BCUT2D eigenvalue weighted by molar-refractivity contribution is -1.01. The molecule has 2 rings (SSSR count). The molecule has 1 aromatic rings. The van der Waals surface area contributed by atoms with E-state index in [1.54, 1.807) is 13.0 Å². The SMILES string of the molecule is Cc1cc(NC(=O)C[NH+]2CC[NH+](CCO)CC2)no1. The molecule has 4 N–H and O–H groups in total. The summed E-state index contributed by atoms with van der Waals surface area (Å²) in [5.74, 6) is 1.13. The van der Waals surface area contributed by atoms with Crippen LogP contribution in [0.1, 0.15) is 5.76 Å². The van der Waals surface area contributed by atoms with Crippen LogP contribution in [-0.2, 0) is 4.79 Å². The molecule has 0 unspecified atom stereocenters. The largest absolute Gasteiger partial charge is 0.391 e. The van der Waals surface area contributed by atoms with Crippen molar-refractivity contribution in [1.29, 1.82) is 0 Å². The van der Waals surface area contributed by atoms with Crippen molar-refractivity contribution in [3.63, 3.8) is 0 Å². The number of nitrogens with one attached hydrogen (secondary N) is 3. The molecule has 0 aromatic carbocycles. The summed E-state index contributed by atoms with van der Waals surface area (Å²) < 4.78 is 4.90. The number of carbonyl (C=O) groups is 1. The Morgan fingerprint density at radius 1 is 1.42 bits per heavy atom. The average molecular weight is 270 g/mol. The average Bonchev–Trinajstić information content (AvgIpc) is 2.77. The summed E-state index contributed by atoms with van der Waals surface area (Å²) in [4.78, 5) is 14.5. The van der Waals surface area contributed by atoms with Crippen LogP contribution in [0.4, 0.5) is 5.82 Å². The molecule has 0 saturated carbocycles. The number of rotatable bonds is 5. The van der Waals surface area contributed by atoms with Crippen molar-refractivity contribution in [1.82, 2.24) is 5.16 Å². The third-order valence-electron chi connectivity index (χ3n) is 3.44. The van der Waals surface area contributed by atoms with Crippen molar-refractivity contribution in [2.24, 2.45) is 0 Å². The van der Waals surface area contributed by atoms with E-state index >= 15 is 0 Å². The fraction of sp³-hybridized carbons (Fsp3) is 0.667.